The predicted molar refractivity (Wildman–Crippen MR) is 141 cm³/mol. The van der Waals surface area contributed by atoms with Gasteiger partial charge in [-0.05, 0) is 85.7 Å². The van der Waals surface area contributed by atoms with Gasteiger partial charge in [-0.3, -0.25) is 0 Å². The molecule has 1 aromatic heterocycles. The molecule has 3 aromatic carbocycles. The molecule has 5 rings (SSSR count). The van der Waals surface area contributed by atoms with Crippen LogP contribution in [0.5, 0.6) is 5.75 Å². The molecule has 0 unspecified atom stereocenters. The van der Waals surface area contributed by atoms with E-state index in [1.807, 2.05) is 43.3 Å². The summed E-state index contributed by atoms with van der Waals surface area (Å²) in [5.74, 6) is 1.24. The molecule has 0 amide bonds. The second-order valence-electron chi connectivity index (χ2n) is 9.49. The molecule has 36 heavy (non-hydrogen) atoms. The third kappa shape index (κ3) is 4.96. The van der Waals surface area contributed by atoms with Crippen LogP contribution < -0.4 is 4.74 Å². The molecule has 0 spiro atoms. The maximum Gasteiger partial charge on any atom is 0.335 e. The average Bonchev–Trinajstić information content (AvgIpc) is 3.62. The number of hydrogen-bond donors (Lipinski definition) is 1. The summed E-state index contributed by atoms with van der Waals surface area (Å²) in [7, 11) is 0. The van der Waals surface area contributed by atoms with Gasteiger partial charge in [-0.2, -0.15) is 0 Å². The van der Waals surface area contributed by atoms with Crippen LogP contribution in [0.1, 0.15) is 68.3 Å². The number of carbonyl (C=O) groups is 1. The highest BCUT2D eigenvalue weighted by Gasteiger charge is 2.33. The van der Waals surface area contributed by atoms with Gasteiger partial charge in [0.25, 0.3) is 0 Å². The molecule has 0 radical (unpaired) electrons. The minimum atomic E-state index is -0.929. The zero-order valence-corrected chi connectivity index (χ0v) is 20.7. The van der Waals surface area contributed by atoms with Crippen molar-refractivity contribution in [2.45, 2.75) is 46.1 Å². The number of nitrogens with zero attached hydrogens (tertiary/aromatic N) is 1. The van der Waals surface area contributed by atoms with Crippen LogP contribution in [0.15, 0.2) is 65.2 Å². The van der Waals surface area contributed by atoms with Crippen LogP contribution in [0.2, 0.25) is 0 Å². The molecule has 182 valence electrons. The molecule has 1 fully saturated rings. The molecule has 5 nitrogen and oxygen atoms in total. The molecule has 1 saturated carbocycles. The highest BCUT2D eigenvalue weighted by atomic mass is 16.5. The lowest BCUT2D eigenvalue weighted by Gasteiger charge is -2.12. The Labute approximate surface area is 211 Å². The summed E-state index contributed by atoms with van der Waals surface area (Å²) in [5, 5.41) is 13.7. The number of hydrogen-bond acceptors (Lipinski definition) is 4. The molecular weight excluding hydrogens is 450 g/mol. The van der Waals surface area contributed by atoms with E-state index in [1.165, 1.54) is 11.1 Å². The van der Waals surface area contributed by atoms with Gasteiger partial charge in [0.2, 0.25) is 0 Å². The number of carboxylic acids is 1. The normalized spacial score (nSPS) is 13.3. The SMILES string of the molecule is Cc1cc(OCc2c(-c3c(C)cccc3C)noc2C2CC2)ccc1/C=C/c1cccc(C(=O)O)c1. The van der Waals surface area contributed by atoms with Gasteiger partial charge in [-0.25, -0.2) is 4.79 Å². The summed E-state index contributed by atoms with van der Waals surface area (Å²) in [4.78, 5) is 11.2. The molecule has 1 heterocycles. The largest absolute Gasteiger partial charge is 0.489 e. The molecular formula is C31H29NO4. The van der Waals surface area contributed by atoms with Gasteiger partial charge in [0.05, 0.1) is 11.1 Å². The Morgan fingerprint density at radius 2 is 1.75 bits per heavy atom. The molecule has 0 aliphatic heterocycles. The Hall–Kier alpha value is -4.12. The van der Waals surface area contributed by atoms with Crippen molar-refractivity contribution in [2.24, 2.45) is 0 Å². The van der Waals surface area contributed by atoms with Gasteiger partial charge >= 0.3 is 5.97 Å². The summed E-state index contributed by atoms with van der Waals surface area (Å²) in [6.45, 7) is 6.64. The summed E-state index contributed by atoms with van der Waals surface area (Å²) in [5.41, 5.74) is 8.62. The van der Waals surface area contributed by atoms with Crippen molar-refractivity contribution in [1.29, 1.82) is 0 Å². The Morgan fingerprint density at radius 1 is 1.00 bits per heavy atom. The first-order valence-electron chi connectivity index (χ1n) is 12.2. The van der Waals surface area contributed by atoms with Crippen LogP contribution >= 0.6 is 0 Å². The maximum atomic E-state index is 11.2. The quantitative estimate of drug-likeness (QED) is 0.264. The van der Waals surface area contributed by atoms with Gasteiger partial charge in [-0.1, -0.05) is 53.7 Å². The molecule has 1 aliphatic carbocycles. The number of carboxylic acid groups (broad SMARTS) is 1. The van der Waals surface area contributed by atoms with Crippen molar-refractivity contribution in [3.05, 3.63) is 105 Å². The molecule has 0 atom stereocenters. The lowest BCUT2D eigenvalue weighted by Crippen LogP contribution is -2.01. The summed E-state index contributed by atoms with van der Waals surface area (Å²) in [6, 6.07) is 19.2. The third-order valence-corrected chi connectivity index (χ3v) is 6.70. The van der Waals surface area contributed by atoms with E-state index in [2.05, 4.69) is 37.2 Å². The smallest absolute Gasteiger partial charge is 0.335 e. The highest BCUT2D eigenvalue weighted by Crippen LogP contribution is 2.45. The van der Waals surface area contributed by atoms with Crippen molar-refractivity contribution < 1.29 is 19.2 Å². The van der Waals surface area contributed by atoms with Crippen molar-refractivity contribution >= 4 is 18.1 Å². The molecule has 1 aliphatic rings. The Morgan fingerprint density at radius 3 is 2.44 bits per heavy atom. The van der Waals surface area contributed by atoms with Crippen molar-refractivity contribution in [2.75, 3.05) is 0 Å². The predicted octanol–water partition coefficient (Wildman–Crippen LogP) is 7.59. The van der Waals surface area contributed by atoms with Crippen LogP contribution in [-0.2, 0) is 6.61 Å². The van der Waals surface area contributed by atoms with Crippen LogP contribution in [0, 0.1) is 20.8 Å². The van der Waals surface area contributed by atoms with Gasteiger partial charge in [0.15, 0.2) is 0 Å². The number of rotatable bonds is 8. The van der Waals surface area contributed by atoms with Crippen LogP contribution in [0.3, 0.4) is 0 Å². The fourth-order valence-corrected chi connectivity index (χ4v) is 4.55. The van der Waals surface area contributed by atoms with Crippen molar-refractivity contribution in [3.8, 4) is 17.0 Å². The second kappa shape index (κ2) is 9.86. The molecule has 4 aromatic rings. The number of ether oxygens (including phenoxy) is 1. The minimum Gasteiger partial charge on any atom is -0.489 e. The number of aromatic carboxylic acids is 1. The highest BCUT2D eigenvalue weighted by molar-refractivity contribution is 5.88. The standard InChI is InChI=1S/C31H29NO4/c1-19-6-4-7-20(2)28(19)29-27(30(36-32-29)24-12-13-24)18-35-26-15-14-23(21(3)16-26)11-10-22-8-5-9-25(17-22)31(33)34/h4-11,14-17,24H,12-13,18H2,1-3H3,(H,33,34)/b11-10+. The van der Waals surface area contributed by atoms with E-state index in [0.29, 0.717) is 12.5 Å². The first-order valence-corrected chi connectivity index (χ1v) is 12.2. The minimum absolute atomic E-state index is 0.275. The fraction of sp³-hybridized carbons (Fsp3) is 0.226. The van der Waals surface area contributed by atoms with E-state index in [9.17, 15) is 9.90 Å². The average molecular weight is 480 g/mol. The topological polar surface area (TPSA) is 72.6 Å². The lowest BCUT2D eigenvalue weighted by atomic mass is 9.96. The molecule has 1 N–H and O–H groups in total. The van der Waals surface area contributed by atoms with Gasteiger partial charge in [0, 0.05) is 11.5 Å². The van der Waals surface area contributed by atoms with Crippen molar-refractivity contribution in [1.82, 2.24) is 5.16 Å². The van der Waals surface area contributed by atoms with Crippen LogP contribution in [-0.4, -0.2) is 16.2 Å². The van der Waals surface area contributed by atoms with Gasteiger partial charge < -0.3 is 14.4 Å². The van der Waals surface area contributed by atoms with E-state index in [-0.39, 0.29) is 5.56 Å². The van der Waals surface area contributed by atoms with E-state index >= 15 is 0 Å². The number of benzene rings is 3. The first-order chi connectivity index (χ1) is 17.4. The van der Waals surface area contributed by atoms with Crippen molar-refractivity contribution in [3.63, 3.8) is 0 Å². The van der Waals surface area contributed by atoms with E-state index < -0.39 is 5.97 Å². The molecule has 0 saturated heterocycles. The summed E-state index contributed by atoms with van der Waals surface area (Å²) < 4.78 is 12.1. The molecule has 0 bridgehead atoms. The fourth-order valence-electron chi connectivity index (χ4n) is 4.55. The third-order valence-electron chi connectivity index (χ3n) is 6.70. The summed E-state index contributed by atoms with van der Waals surface area (Å²) >= 11 is 0. The van der Waals surface area contributed by atoms with Crippen LogP contribution in [0.4, 0.5) is 0 Å². The lowest BCUT2D eigenvalue weighted by molar-refractivity contribution is 0.0697. The number of aromatic nitrogens is 1. The van der Waals surface area contributed by atoms with Gasteiger partial charge in [0.1, 0.15) is 23.8 Å². The van der Waals surface area contributed by atoms with E-state index in [0.717, 1.165) is 57.9 Å². The number of aryl methyl sites for hydroxylation is 3. The van der Waals surface area contributed by atoms with E-state index in [4.69, 9.17) is 9.26 Å². The molecule has 5 heteroatoms. The Kier molecular flexibility index (Phi) is 6.47. The maximum absolute atomic E-state index is 11.2. The van der Waals surface area contributed by atoms with Crippen LogP contribution in [0.25, 0.3) is 23.4 Å². The van der Waals surface area contributed by atoms with E-state index in [1.54, 1.807) is 18.2 Å². The summed E-state index contributed by atoms with van der Waals surface area (Å²) in [6.07, 6.45) is 6.17. The zero-order chi connectivity index (χ0) is 25.2. The first kappa shape index (κ1) is 23.6. The Balaban J connectivity index is 1.36. The Bertz CT molecular complexity index is 1440. The second-order valence-corrected chi connectivity index (χ2v) is 9.49. The van der Waals surface area contributed by atoms with Gasteiger partial charge in [-0.15, -0.1) is 0 Å². The zero-order valence-electron chi connectivity index (χ0n) is 20.7. The monoisotopic (exact) mass is 479 g/mol.